The number of hydrogen-bond donors (Lipinski definition) is 1. The van der Waals surface area contributed by atoms with E-state index in [4.69, 9.17) is 5.14 Å². The lowest BCUT2D eigenvalue weighted by atomic mass is 10.1. The summed E-state index contributed by atoms with van der Waals surface area (Å²) in [5.41, 5.74) is 0.862. The molecule has 5 nitrogen and oxygen atoms in total. The van der Waals surface area contributed by atoms with E-state index in [9.17, 15) is 8.42 Å². The van der Waals surface area contributed by atoms with Gasteiger partial charge in [0.05, 0.1) is 11.4 Å². The van der Waals surface area contributed by atoms with Crippen LogP contribution in [-0.2, 0) is 10.0 Å². The second-order valence-electron chi connectivity index (χ2n) is 3.85. The molecule has 0 atom stereocenters. The van der Waals surface area contributed by atoms with E-state index in [0.29, 0.717) is 5.75 Å². The third kappa shape index (κ3) is 3.18. The van der Waals surface area contributed by atoms with Gasteiger partial charge in [0.25, 0.3) is 0 Å². The number of aromatic nitrogens is 2. The van der Waals surface area contributed by atoms with Crippen LogP contribution in [0.3, 0.4) is 0 Å². The first-order chi connectivity index (χ1) is 8.47. The van der Waals surface area contributed by atoms with Gasteiger partial charge in [0.1, 0.15) is 5.03 Å². The standard InChI is InChI=1S/C11H13N3O2S2/c1-8-9-4-2-3-5-10(9)11(14-13-8)17-6-7-18(12,15)16/h2-5H,6-7H2,1H3,(H2,12,15,16). The van der Waals surface area contributed by atoms with E-state index in [2.05, 4.69) is 10.2 Å². The maximum Gasteiger partial charge on any atom is 0.209 e. The lowest BCUT2D eigenvalue weighted by Crippen LogP contribution is -2.17. The number of nitrogens with two attached hydrogens (primary N) is 1. The average molecular weight is 283 g/mol. The second-order valence-corrected chi connectivity index (χ2v) is 6.67. The Bertz CT molecular complexity index is 671. The molecule has 2 aromatic rings. The molecular formula is C11H13N3O2S2. The monoisotopic (exact) mass is 283 g/mol. The van der Waals surface area contributed by atoms with Crippen molar-refractivity contribution in [2.75, 3.05) is 11.5 Å². The minimum atomic E-state index is -3.42. The molecule has 2 N–H and O–H groups in total. The van der Waals surface area contributed by atoms with E-state index in [0.717, 1.165) is 21.5 Å². The molecule has 0 aliphatic heterocycles. The fourth-order valence-corrected chi connectivity index (χ4v) is 3.46. The quantitative estimate of drug-likeness (QED) is 0.855. The summed E-state index contributed by atoms with van der Waals surface area (Å²) in [6, 6.07) is 7.79. The average Bonchev–Trinajstić information content (AvgIpc) is 2.31. The van der Waals surface area contributed by atoms with Crippen LogP contribution in [0.25, 0.3) is 10.8 Å². The Labute approximate surface area is 110 Å². The summed E-state index contributed by atoms with van der Waals surface area (Å²) in [7, 11) is -3.42. The van der Waals surface area contributed by atoms with Crippen molar-refractivity contribution in [2.45, 2.75) is 11.9 Å². The maximum absolute atomic E-state index is 10.9. The van der Waals surface area contributed by atoms with E-state index in [1.165, 1.54) is 11.8 Å². The van der Waals surface area contributed by atoms with Gasteiger partial charge in [0.15, 0.2) is 0 Å². The highest BCUT2D eigenvalue weighted by molar-refractivity contribution is 8.00. The highest BCUT2D eigenvalue weighted by Crippen LogP contribution is 2.26. The number of fused-ring (bicyclic) bond motifs is 1. The summed E-state index contributed by atoms with van der Waals surface area (Å²) in [4.78, 5) is 0. The minimum Gasteiger partial charge on any atom is -0.229 e. The highest BCUT2D eigenvalue weighted by atomic mass is 32.2. The molecule has 96 valence electrons. The normalized spacial score (nSPS) is 11.9. The summed E-state index contributed by atoms with van der Waals surface area (Å²) < 4.78 is 21.7. The fraction of sp³-hybridized carbons (Fsp3) is 0.273. The van der Waals surface area contributed by atoms with Crippen molar-refractivity contribution < 1.29 is 8.42 Å². The highest BCUT2D eigenvalue weighted by Gasteiger charge is 2.08. The molecule has 0 unspecified atom stereocenters. The number of aryl methyl sites for hydroxylation is 1. The van der Waals surface area contributed by atoms with Gasteiger partial charge >= 0.3 is 0 Å². The Morgan fingerprint density at radius 2 is 1.89 bits per heavy atom. The van der Waals surface area contributed by atoms with E-state index in [-0.39, 0.29) is 5.75 Å². The lowest BCUT2D eigenvalue weighted by Gasteiger charge is -2.05. The van der Waals surface area contributed by atoms with Crippen LogP contribution in [-0.4, -0.2) is 30.1 Å². The summed E-state index contributed by atoms with van der Waals surface area (Å²) in [6.45, 7) is 1.90. The number of primary sulfonamides is 1. The number of sulfonamides is 1. The molecule has 0 aliphatic rings. The zero-order valence-corrected chi connectivity index (χ0v) is 11.5. The number of nitrogens with zero attached hydrogens (tertiary/aromatic N) is 2. The molecule has 1 aromatic carbocycles. The molecule has 0 spiro atoms. The Morgan fingerprint density at radius 1 is 1.22 bits per heavy atom. The van der Waals surface area contributed by atoms with E-state index >= 15 is 0 Å². The zero-order chi connectivity index (χ0) is 13.2. The first-order valence-corrected chi connectivity index (χ1v) is 8.03. The van der Waals surface area contributed by atoms with Crippen molar-refractivity contribution in [1.29, 1.82) is 0 Å². The molecular weight excluding hydrogens is 270 g/mol. The molecule has 0 aliphatic carbocycles. The summed E-state index contributed by atoms with van der Waals surface area (Å²) in [6.07, 6.45) is 0. The molecule has 0 saturated heterocycles. The summed E-state index contributed by atoms with van der Waals surface area (Å²) >= 11 is 1.35. The number of rotatable bonds is 4. The van der Waals surface area contributed by atoms with Gasteiger partial charge in [0, 0.05) is 16.5 Å². The van der Waals surface area contributed by atoms with Crippen molar-refractivity contribution in [2.24, 2.45) is 5.14 Å². The van der Waals surface area contributed by atoms with E-state index in [1.54, 1.807) is 0 Å². The van der Waals surface area contributed by atoms with Crippen LogP contribution in [0.1, 0.15) is 5.69 Å². The number of thioether (sulfide) groups is 1. The molecule has 0 amide bonds. The van der Waals surface area contributed by atoms with Crippen molar-refractivity contribution in [1.82, 2.24) is 10.2 Å². The predicted octanol–water partition coefficient (Wildman–Crippen LogP) is 1.32. The summed E-state index contributed by atoms with van der Waals surface area (Å²) in [5, 5.41) is 15.9. The minimum absolute atomic E-state index is 0.0679. The molecule has 2 rings (SSSR count). The molecule has 1 aromatic heterocycles. The van der Waals surface area contributed by atoms with Gasteiger partial charge in [-0.1, -0.05) is 24.3 Å². The van der Waals surface area contributed by atoms with Crippen LogP contribution in [0.4, 0.5) is 0 Å². The van der Waals surface area contributed by atoms with Crippen molar-refractivity contribution in [3.8, 4) is 0 Å². The molecule has 18 heavy (non-hydrogen) atoms. The molecule has 0 saturated carbocycles. The molecule has 7 heteroatoms. The van der Waals surface area contributed by atoms with E-state index in [1.807, 2.05) is 31.2 Å². The predicted molar refractivity (Wildman–Crippen MR) is 73.0 cm³/mol. The van der Waals surface area contributed by atoms with Crippen LogP contribution in [0.15, 0.2) is 29.3 Å². The van der Waals surface area contributed by atoms with Gasteiger partial charge in [-0.05, 0) is 6.92 Å². The lowest BCUT2D eigenvalue weighted by molar-refractivity contribution is 0.599. The molecule has 0 radical (unpaired) electrons. The SMILES string of the molecule is Cc1nnc(SCCS(N)(=O)=O)c2ccccc12. The maximum atomic E-state index is 10.9. The Balaban J connectivity index is 2.26. The first-order valence-electron chi connectivity index (χ1n) is 5.33. The van der Waals surface area contributed by atoms with Gasteiger partial charge in [-0.2, -0.15) is 5.10 Å². The second kappa shape index (κ2) is 5.21. The fourth-order valence-electron chi connectivity index (χ4n) is 1.57. The molecule has 0 fully saturated rings. The van der Waals surface area contributed by atoms with Gasteiger partial charge in [0.2, 0.25) is 10.0 Å². The van der Waals surface area contributed by atoms with Crippen LogP contribution in [0, 0.1) is 6.92 Å². The third-order valence-electron chi connectivity index (χ3n) is 2.44. The first kappa shape index (κ1) is 13.3. The van der Waals surface area contributed by atoms with Gasteiger partial charge in [-0.25, -0.2) is 13.6 Å². The van der Waals surface area contributed by atoms with Crippen molar-refractivity contribution in [3.05, 3.63) is 30.0 Å². The number of hydrogen-bond acceptors (Lipinski definition) is 5. The van der Waals surface area contributed by atoms with Crippen LogP contribution >= 0.6 is 11.8 Å². The number of benzene rings is 1. The van der Waals surface area contributed by atoms with Crippen LogP contribution in [0.2, 0.25) is 0 Å². The van der Waals surface area contributed by atoms with Gasteiger partial charge in [-0.3, -0.25) is 0 Å². The smallest absolute Gasteiger partial charge is 0.209 e. The zero-order valence-electron chi connectivity index (χ0n) is 9.83. The Morgan fingerprint density at radius 3 is 2.56 bits per heavy atom. The van der Waals surface area contributed by atoms with Crippen LogP contribution < -0.4 is 5.14 Å². The molecule has 1 heterocycles. The topological polar surface area (TPSA) is 85.9 Å². The Kier molecular flexibility index (Phi) is 3.84. The summed E-state index contributed by atoms with van der Waals surface area (Å²) in [5.74, 6) is 0.308. The van der Waals surface area contributed by atoms with Crippen molar-refractivity contribution >= 4 is 32.6 Å². The molecule has 0 bridgehead atoms. The largest absolute Gasteiger partial charge is 0.229 e. The van der Waals surface area contributed by atoms with Gasteiger partial charge < -0.3 is 0 Å². The van der Waals surface area contributed by atoms with Crippen molar-refractivity contribution in [3.63, 3.8) is 0 Å². The van der Waals surface area contributed by atoms with Gasteiger partial charge in [-0.15, -0.1) is 16.9 Å². The Hall–Kier alpha value is -1.18. The van der Waals surface area contributed by atoms with Crippen LogP contribution in [0.5, 0.6) is 0 Å². The third-order valence-corrected chi connectivity index (χ3v) is 4.46. The van der Waals surface area contributed by atoms with E-state index < -0.39 is 10.0 Å².